The lowest BCUT2D eigenvalue weighted by Gasteiger charge is -2.44. The van der Waals surface area contributed by atoms with Crippen molar-refractivity contribution in [3.63, 3.8) is 0 Å². The second-order valence-electron chi connectivity index (χ2n) is 18.1. The number of hydrogen-bond acceptors (Lipinski definition) is 19. The zero-order valence-electron chi connectivity index (χ0n) is 50.6. The predicted molar refractivity (Wildman–Crippen MR) is 308 cm³/mol. The van der Waals surface area contributed by atoms with Crippen molar-refractivity contribution in [1.29, 1.82) is 0 Å². The van der Waals surface area contributed by atoms with Crippen LogP contribution in [0.15, 0.2) is 85.2 Å². The normalized spacial score (nSPS) is 23.6. The SMILES string of the molecule is [2H]CC(=O)OC[C@H]1OC(n2cc(-c3cc(I)ccc3C(=O)c3ccc(I)cc3-c3cn(C4O[C@H](COC(=O)C[2H])[C@@H](OC(=O)C[2H])[C@H](OC(=O)C[2H])[C@H]4OC(=O)C[2H])c4cccc(Cl)c34)c3c(Cl)cccc32)[C@H](OC(=O)C[2H])[C@@H](OC(=O)C[2H])[C@@H]1OC(=O)C[2H]. The molecule has 2 saturated heterocycles. The fourth-order valence-corrected chi connectivity index (χ4v) is 11.5. The largest absolute Gasteiger partial charge is 0.463 e. The standard InChI is InChI=1S/C57H52Cl2I2N2O19/c1-25(64)73-23-45-50(75-27(3)66)52(77-29(5)68)54(79-31(7)70)56(81-45)62-21-39(47-41(58)11-9-13-43(47)62)37-19-33(60)15-17-35(37)49(72)36-18-16-34(61)20-38(36)40-22-63(44-14-10-12-42(59)48(40)44)57-55(80-32(8)71)53(78-30(6)69)51(76-28(4)67)46(82-57)24-74-26(2)65/h9-22,45-46,50-57H,23-24H2,1-8H3/t45-,46-,50-,51-,52+,53+,54-,55-,56?,57?/m1/s1/i1D,2D,3D,4D,5D,6D,7D,8D. The molecule has 21 nitrogen and oxygen atoms in total. The molecule has 4 heterocycles. The summed E-state index contributed by atoms with van der Waals surface area (Å²) in [5.41, 5.74) is 1.53. The quantitative estimate of drug-likeness (QED) is 0.0378. The van der Waals surface area contributed by atoms with E-state index < -0.39 is 183 Å². The van der Waals surface area contributed by atoms with Gasteiger partial charge in [-0.05, 0) is 117 Å². The molecule has 0 N–H and O–H groups in total. The Morgan fingerprint density at radius 1 is 0.463 bits per heavy atom. The molecule has 6 aromatic rings. The van der Waals surface area contributed by atoms with Crippen LogP contribution in [-0.2, 0) is 85.7 Å². The van der Waals surface area contributed by atoms with Crippen molar-refractivity contribution in [2.45, 2.75) is 116 Å². The monoisotopic (exact) mass is 1400 g/mol. The summed E-state index contributed by atoms with van der Waals surface area (Å²) in [5.74, 6) is -9.81. The molecule has 2 aliphatic heterocycles. The molecule has 0 bridgehead atoms. The Kier molecular flexibility index (Phi) is 16.1. The van der Waals surface area contributed by atoms with E-state index in [4.69, 9.17) is 81.5 Å². The number of nitrogens with zero attached hydrogens (tertiary/aromatic N) is 2. The summed E-state index contributed by atoms with van der Waals surface area (Å²) in [6.45, 7) is -9.04. The minimum atomic E-state index is -1.86. The van der Waals surface area contributed by atoms with Gasteiger partial charge >= 0.3 is 47.8 Å². The van der Waals surface area contributed by atoms with Crippen LogP contribution in [0.3, 0.4) is 0 Å². The Bertz CT molecular complexity index is 3510. The van der Waals surface area contributed by atoms with Crippen LogP contribution in [0.5, 0.6) is 0 Å². The molecule has 2 aromatic heterocycles. The number of esters is 8. The fraction of sp³-hybridized carbons (Fsp3) is 0.351. The number of hydrogen-bond donors (Lipinski definition) is 0. The number of ketones is 1. The lowest BCUT2D eigenvalue weighted by molar-refractivity contribution is -0.267. The zero-order chi connectivity index (χ0) is 65.2. The van der Waals surface area contributed by atoms with Crippen LogP contribution in [0.4, 0.5) is 0 Å². The average molecular weight is 1400 g/mol. The van der Waals surface area contributed by atoms with Gasteiger partial charge in [-0.25, -0.2) is 0 Å². The number of carbonyl (C=O) groups excluding carboxylic acids is 9. The topological polar surface area (TPSA) is 256 Å². The summed E-state index contributed by atoms with van der Waals surface area (Å²) < 4.78 is 123. The first-order chi connectivity index (χ1) is 43.1. The van der Waals surface area contributed by atoms with Gasteiger partial charge < -0.3 is 56.5 Å². The molecule has 0 radical (unpaired) electrons. The smallest absolute Gasteiger partial charge is 0.303 e. The second kappa shape index (κ2) is 25.9. The van der Waals surface area contributed by atoms with Gasteiger partial charge in [0.05, 0.1) is 21.1 Å². The van der Waals surface area contributed by atoms with E-state index in [9.17, 15) is 38.4 Å². The highest BCUT2D eigenvalue weighted by molar-refractivity contribution is 14.1. The Hall–Kier alpha value is -6.65. The second-order valence-corrected chi connectivity index (χ2v) is 21.4. The first-order valence-corrected chi connectivity index (χ1v) is 26.9. The number of fused-ring (bicyclic) bond motifs is 2. The van der Waals surface area contributed by atoms with Crippen molar-refractivity contribution >= 4 is 144 Å². The van der Waals surface area contributed by atoms with Gasteiger partial charge in [0.2, 0.25) is 0 Å². The highest BCUT2D eigenvalue weighted by Crippen LogP contribution is 2.46. The first-order valence-electron chi connectivity index (χ1n) is 29.7. The number of rotatable bonds is 16. The molecule has 10 atom stereocenters. The van der Waals surface area contributed by atoms with E-state index >= 15 is 4.79 Å². The lowest BCUT2D eigenvalue weighted by atomic mass is 9.90. The van der Waals surface area contributed by atoms with Crippen molar-refractivity contribution in [2.75, 3.05) is 13.2 Å². The fourth-order valence-electron chi connectivity index (χ4n) is 9.96. The maximum absolute atomic E-state index is 15.9. The van der Waals surface area contributed by atoms with Crippen molar-refractivity contribution < 1.29 is 101 Å². The molecule has 432 valence electrons. The van der Waals surface area contributed by atoms with Gasteiger partial charge in [0.15, 0.2) is 54.9 Å². The van der Waals surface area contributed by atoms with E-state index in [1.165, 1.54) is 21.5 Å². The van der Waals surface area contributed by atoms with Crippen LogP contribution in [0, 0.1) is 7.14 Å². The summed E-state index contributed by atoms with van der Waals surface area (Å²) in [6.07, 6.45) is -14.5. The molecule has 82 heavy (non-hydrogen) atoms. The molecule has 25 heteroatoms. The Morgan fingerprint density at radius 2 is 0.805 bits per heavy atom. The molecule has 0 amide bonds. The highest BCUT2D eigenvalue weighted by atomic mass is 127. The molecular weight excluding hydrogens is 1340 g/mol. The maximum Gasteiger partial charge on any atom is 0.303 e. The van der Waals surface area contributed by atoms with Gasteiger partial charge in [0.1, 0.15) is 25.4 Å². The number of benzene rings is 4. The predicted octanol–water partition coefficient (Wildman–Crippen LogP) is 9.19. The summed E-state index contributed by atoms with van der Waals surface area (Å²) in [4.78, 5) is 119. The van der Waals surface area contributed by atoms with Crippen LogP contribution in [0.25, 0.3) is 44.1 Å². The number of halogens is 4. The van der Waals surface area contributed by atoms with E-state index in [1.807, 2.05) is 45.2 Å². The van der Waals surface area contributed by atoms with Crippen LogP contribution in [0.2, 0.25) is 10.0 Å². The maximum atomic E-state index is 15.9. The molecule has 0 saturated carbocycles. The molecular formula is C57H52Cl2I2N2O19. The van der Waals surface area contributed by atoms with Gasteiger partial charge in [0, 0.05) is 119 Å². The van der Waals surface area contributed by atoms with Gasteiger partial charge in [0.25, 0.3) is 0 Å². The van der Waals surface area contributed by atoms with Crippen LogP contribution >= 0.6 is 68.4 Å². The van der Waals surface area contributed by atoms with Crippen molar-refractivity contribution in [2.24, 2.45) is 0 Å². The molecule has 2 aliphatic rings. The molecule has 0 spiro atoms. The summed E-state index contributed by atoms with van der Waals surface area (Å²) >= 11 is 18.3. The minimum Gasteiger partial charge on any atom is -0.463 e. The van der Waals surface area contributed by atoms with Gasteiger partial charge in [-0.15, -0.1) is 0 Å². The van der Waals surface area contributed by atoms with E-state index in [2.05, 4.69) is 0 Å². The third-order valence-electron chi connectivity index (χ3n) is 12.8. The average Bonchev–Trinajstić information content (AvgIpc) is 1.54. The molecule has 8 rings (SSSR count). The van der Waals surface area contributed by atoms with Crippen LogP contribution in [0.1, 0.15) is 94.5 Å². The molecule has 0 aliphatic carbocycles. The number of carbonyl (C=O) groups is 9. The van der Waals surface area contributed by atoms with Crippen molar-refractivity contribution in [3.05, 3.63) is 114 Å². The summed E-state index contributed by atoms with van der Waals surface area (Å²) in [7, 11) is 0. The Morgan fingerprint density at radius 3 is 1.16 bits per heavy atom. The number of aromatic nitrogens is 2. The van der Waals surface area contributed by atoms with Gasteiger partial charge in [-0.1, -0.05) is 35.3 Å². The van der Waals surface area contributed by atoms with Gasteiger partial charge in [-0.3, -0.25) is 43.2 Å². The van der Waals surface area contributed by atoms with Crippen molar-refractivity contribution in [1.82, 2.24) is 9.13 Å². The summed E-state index contributed by atoms with van der Waals surface area (Å²) in [6, 6.07) is 19.2. The Labute approximate surface area is 516 Å². The molecule has 2 fully saturated rings. The lowest BCUT2D eigenvalue weighted by Crippen LogP contribution is -2.60. The zero-order valence-corrected chi connectivity index (χ0v) is 48.4. The Balaban J connectivity index is 1.32. The van der Waals surface area contributed by atoms with E-state index in [1.54, 1.807) is 72.8 Å². The molecule has 2 unspecified atom stereocenters. The van der Waals surface area contributed by atoms with E-state index in [0.717, 1.165) is 0 Å². The van der Waals surface area contributed by atoms with Crippen LogP contribution < -0.4 is 0 Å². The molecule has 4 aromatic carbocycles. The van der Waals surface area contributed by atoms with Gasteiger partial charge in [-0.2, -0.15) is 0 Å². The van der Waals surface area contributed by atoms with E-state index in [-0.39, 0.29) is 65.2 Å². The third kappa shape index (κ3) is 13.4. The minimum absolute atomic E-state index is 0.0496. The summed E-state index contributed by atoms with van der Waals surface area (Å²) in [5, 5.41) is 0.757. The first kappa shape index (κ1) is 51.0. The number of ether oxygens (including phenoxy) is 10. The highest BCUT2D eigenvalue weighted by Gasteiger charge is 2.55. The van der Waals surface area contributed by atoms with E-state index in [0.29, 0.717) is 7.14 Å². The van der Waals surface area contributed by atoms with Crippen molar-refractivity contribution in [3.8, 4) is 22.3 Å². The third-order valence-corrected chi connectivity index (χ3v) is 14.8. The van der Waals surface area contributed by atoms with Crippen LogP contribution in [-0.4, -0.2) is 125 Å².